The smallest absolute Gasteiger partial charge is 0.122 e. The molecule has 0 saturated heterocycles. The van der Waals surface area contributed by atoms with Gasteiger partial charge in [0.2, 0.25) is 0 Å². The van der Waals surface area contributed by atoms with Crippen LogP contribution in [0, 0.1) is 6.92 Å². The van der Waals surface area contributed by atoms with Crippen molar-refractivity contribution in [3.8, 4) is 5.75 Å². The van der Waals surface area contributed by atoms with E-state index in [-0.39, 0.29) is 0 Å². The van der Waals surface area contributed by atoms with Crippen molar-refractivity contribution in [3.63, 3.8) is 0 Å². The largest absolute Gasteiger partial charge is 0.497 e. The summed E-state index contributed by atoms with van der Waals surface area (Å²) in [5, 5.41) is 3.58. The number of pyridine rings is 1. The average Bonchev–Trinajstić information content (AvgIpc) is 2.95. The van der Waals surface area contributed by atoms with Crippen LogP contribution < -0.4 is 10.1 Å². The third-order valence-electron chi connectivity index (χ3n) is 3.59. The van der Waals surface area contributed by atoms with E-state index in [1.165, 1.54) is 10.4 Å². The summed E-state index contributed by atoms with van der Waals surface area (Å²) in [7, 11) is 1.68. The number of methoxy groups -OCH3 is 1. The lowest BCUT2D eigenvalue weighted by Crippen LogP contribution is -2.19. The number of ether oxygens (including phenoxy) is 1. The Labute approximate surface area is 127 Å². The minimum atomic E-state index is 0.391. The van der Waals surface area contributed by atoms with Crippen molar-refractivity contribution in [3.05, 3.63) is 44.4 Å². The van der Waals surface area contributed by atoms with E-state index in [9.17, 15) is 0 Å². The first-order chi connectivity index (χ1) is 9.65. The van der Waals surface area contributed by atoms with Gasteiger partial charge in [0.15, 0.2) is 0 Å². The molecule has 0 aromatic carbocycles. The summed E-state index contributed by atoms with van der Waals surface area (Å²) in [5.74, 6) is 0.861. The van der Waals surface area contributed by atoms with Crippen molar-refractivity contribution in [1.29, 1.82) is 0 Å². The first-order valence-corrected chi connectivity index (χ1v) is 7.88. The predicted octanol–water partition coefficient (Wildman–Crippen LogP) is 3.89. The van der Waals surface area contributed by atoms with Crippen LogP contribution in [-0.4, -0.2) is 12.1 Å². The lowest BCUT2D eigenvalue weighted by Gasteiger charge is -2.13. The van der Waals surface area contributed by atoms with E-state index in [4.69, 9.17) is 16.3 Å². The molecule has 106 valence electrons. The molecule has 3 nitrogen and oxygen atoms in total. The number of aromatic nitrogens is 1. The van der Waals surface area contributed by atoms with Crippen LogP contribution in [0.3, 0.4) is 0 Å². The highest BCUT2D eigenvalue weighted by molar-refractivity contribution is 7.16. The van der Waals surface area contributed by atoms with Crippen LogP contribution in [0.2, 0.25) is 4.34 Å². The van der Waals surface area contributed by atoms with E-state index in [1.807, 2.05) is 19.1 Å². The molecule has 1 aliphatic rings. The second kappa shape index (κ2) is 5.72. The normalized spacial score (nSPS) is 17.2. The van der Waals surface area contributed by atoms with Gasteiger partial charge in [-0.3, -0.25) is 4.98 Å². The Balaban J connectivity index is 1.70. The SMILES string of the molecule is COc1cc(C)nc(CN[C@H]2CCc3sc(Cl)cc32)c1. The summed E-state index contributed by atoms with van der Waals surface area (Å²) < 4.78 is 6.17. The zero-order valence-corrected chi connectivity index (χ0v) is 13.1. The molecule has 1 aliphatic carbocycles. The third-order valence-corrected chi connectivity index (χ3v) is 4.93. The molecule has 2 aromatic heterocycles. The molecule has 0 fully saturated rings. The summed E-state index contributed by atoms with van der Waals surface area (Å²) in [4.78, 5) is 5.96. The van der Waals surface area contributed by atoms with Crippen molar-refractivity contribution in [2.24, 2.45) is 0 Å². The minimum absolute atomic E-state index is 0.391. The van der Waals surface area contributed by atoms with Crippen LogP contribution in [0.5, 0.6) is 5.75 Å². The zero-order chi connectivity index (χ0) is 14.1. The van der Waals surface area contributed by atoms with Gasteiger partial charge in [-0.05, 0) is 31.4 Å². The lowest BCUT2D eigenvalue weighted by atomic mass is 10.1. The van der Waals surface area contributed by atoms with Crippen LogP contribution in [-0.2, 0) is 13.0 Å². The summed E-state index contributed by atoms with van der Waals surface area (Å²) in [6.45, 7) is 2.73. The standard InChI is InChI=1S/C15H17ClN2OS/c1-9-5-11(19-2)6-10(18-9)8-17-13-3-4-14-12(13)7-15(16)20-14/h5-7,13,17H,3-4,8H2,1-2H3/t13-/m0/s1. The fourth-order valence-electron chi connectivity index (χ4n) is 2.68. The number of thiophene rings is 1. The molecule has 2 aromatic rings. The Morgan fingerprint density at radius 2 is 2.30 bits per heavy atom. The maximum atomic E-state index is 6.08. The first-order valence-electron chi connectivity index (χ1n) is 6.69. The molecule has 1 N–H and O–H groups in total. The van der Waals surface area contributed by atoms with E-state index in [0.717, 1.165) is 40.9 Å². The Morgan fingerprint density at radius 3 is 3.10 bits per heavy atom. The number of hydrogen-bond donors (Lipinski definition) is 1. The van der Waals surface area contributed by atoms with Crippen molar-refractivity contribution in [2.45, 2.75) is 32.4 Å². The molecule has 20 heavy (non-hydrogen) atoms. The summed E-state index contributed by atoms with van der Waals surface area (Å²) in [6.07, 6.45) is 2.26. The number of fused-ring (bicyclic) bond motifs is 1. The van der Waals surface area contributed by atoms with Gasteiger partial charge in [0, 0.05) is 35.3 Å². The Morgan fingerprint density at radius 1 is 1.45 bits per heavy atom. The monoisotopic (exact) mass is 308 g/mol. The first kappa shape index (κ1) is 13.9. The highest BCUT2D eigenvalue weighted by atomic mass is 35.5. The van der Waals surface area contributed by atoms with Gasteiger partial charge < -0.3 is 10.1 Å². The van der Waals surface area contributed by atoms with Crippen LogP contribution >= 0.6 is 22.9 Å². The van der Waals surface area contributed by atoms with Gasteiger partial charge in [-0.15, -0.1) is 11.3 Å². The molecular formula is C15H17ClN2OS. The van der Waals surface area contributed by atoms with E-state index in [2.05, 4.69) is 16.4 Å². The minimum Gasteiger partial charge on any atom is -0.497 e. The average molecular weight is 309 g/mol. The number of aryl methyl sites for hydroxylation is 2. The second-order valence-electron chi connectivity index (χ2n) is 5.04. The number of rotatable bonds is 4. The lowest BCUT2D eigenvalue weighted by molar-refractivity contribution is 0.412. The van der Waals surface area contributed by atoms with E-state index in [0.29, 0.717) is 6.04 Å². The molecule has 0 saturated carbocycles. The fraction of sp³-hybridized carbons (Fsp3) is 0.400. The highest BCUT2D eigenvalue weighted by Gasteiger charge is 2.24. The zero-order valence-electron chi connectivity index (χ0n) is 11.6. The van der Waals surface area contributed by atoms with Crippen LogP contribution in [0.25, 0.3) is 0 Å². The molecular weight excluding hydrogens is 292 g/mol. The number of nitrogens with one attached hydrogen (secondary N) is 1. The second-order valence-corrected chi connectivity index (χ2v) is 6.81. The summed E-state index contributed by atoms with van der Waals surface area (Å²) >= 11 is 7.78. The van der Waals surface area contributed by atoms with Crippen LogP contribution in [0.4, 0.5) is 0 Å². The van der Waals surface area contributed by atoms with Crippen molar-refractivity contribution in [2.75, 3.05) is 7.11 Å². The van der Waals surface area contributed by atoms with Gasteiger partial charge in [-0.25, -0.2) is 0 Å². The summed E-state index contributed by atoms with van der Waals surface area (Å²) in [6, 6.07) is 6.41. The van der Waals surface area contributed by atoms with Crippen molar-refractivity contribution in [1.82, 2.24) is 10.3 Å². The van der Waals surface area contributed by atoms with Crippen LogP contribution in [0.15, 0.2) is 18.2 Å². The highest BCUT2D eigenvalue weighted by Crippen LogP contribution is 2.39. The molecule has 5 heteroatoms. The quantitative estimate of drug-likeness (QED) is 0.930. The van der Waals surface area contributed by atoms with Gasteiger partial charge in [0.25, 0.3) is 0 Å². The van der Waals surface area contributed by atoms with Gasteiger partial charge in [-0.1, -0.05) is 11.6 Å². The molecule has 0 spiro atoms. The Hall–Kier alpha value is -1.10. The van der Waals surface area contributed by atoms with E-state index in [1.54, 1.807) is 18.4 Å². The van der Waals surface area contributed by atoms with Gasteiger partial charge in [0.05, 0.1) is 17.1 Å². The maximum absolute atomic E-state index is 6.08. The van der Waals surface area contributed by atoms with Crippen molar-refractivity contribution < 1.29 is 4.74 Å². The summed E-state index contributed by atoms with van der Waals surface area (Å²) in [5.41, 5.74) is 3.35. The number of halogens is 1. The number of nitrogens with zero attached hydrogens (tertiary/aromatic N) is 1. The van der Waals surface area contributed by atoms with Crippen molar-refractivity contribution >= 4 is 22.9 Å². The van der Waals surface area contributed by atoms with Gasteiger partial charge in [0.1, 0.15) is 5.75 Å². The van der Waals surface area contributed by atoms with Crippen LogP contribution in [0.1, 0.15) is 34.3 Å². The number of hydrogen-bond acceptors (Lipinski definition) is 4. The van der Waals surface area contributed by atoms with E-state index < -0.39 is 0 Å². The van der Waals surface area contributed by atoms with Gasteiger partial charge >= 0.3 is 0 Å². The Kier molecular flexibility index (Phi) is 3.96. The predicted molar refractivity (Wildman–Crippen MR) is 82.8 cm³/mol. The topological polar surface area (TPSA) is 34.1 Å². The molecule has 1 atom stereocenters. The molecule has 0 amide bonds. The fourth-order valence-corrected chi connectivity index (χ4v) is 4.04. The molecule has 3 rings (SSSR count). The van der Waals surface area contributed by atoms with E-state index >= 15 is 0 Å². The molecule has 0 unspecified atom stereocenters. The molecule has 0 bridgehead atoms. The molecule has 0 aliphatic heterocycles. The maximum Gasteiger partial charge on any atom is 0.122 e. The third kappa shape index (κ3) is 2.82. The Bertz CT molecular complexity index is 626. The molecule has 0 radical (unpaired) electrons. The molecule has 2 heterocycles. The van der Waals surface area contributed by atoms with Gasteiger partial charge in [-0.2, -0.15) is 0 Å².